The van der Waals surface area contributed by atoms with Gasteiger partial charge < -0.3 is 15.3 Å². The Morgan fingerprint density at radius 3 is 2.67 bits per heavy atom. The molecule has 1 heterocycles. The van der Waals surface area contributed by atoms with E-state index in [0.717, 1.165) is 19.4 Å². The average Bonchev–Trinajstić information content (AvgIpc) is 2.69. The molecule has 1 unspecified atom stereocenters. The van der Waals surface area contributed by atoms with E-state index in [1.165, 1.54) is 4.90 Å². The molecule has 1 saturated heterocycles. The molecule has 0 spiro atoms. The third-order valence-electron chi connectivity index (χ3n) is 2.85. The SMILES string of the molecule is CCC(C(=O)O)N(C)C(=O)[C@@H]1CCCN1. The van der Waals surface area contributed by atoms with Gasteiger partial charge in [0.2, 0.25) is 5.91 Å². The molecule has 0 aromatic carbocycles. The van der Waals surface area contributed by atoms with Crippen molar-refractivity contribution >= 4 is 11.9 Å². The first-order chi connectivity index (χ1) is 7.07. The van der Waals surface area contributed by atoms with E-state index in [0.29, 0.717) is 6.42 Å². The molecule has 0 aromatic heterocycles. The van der Waals surface area contributed by atoms with E-state index in [1.54, 1.807) is 14.0 Å². The highest BCUT2D eigenvalue weighted by Gasteiger charge is 2.31. The van der Waals surface area contributed by atoms with E-state index >= 15 is 0 Å². The summed E-state index contributed by atoms with van der Waals surface area (Å²) in [5.41, 5.74) is 0. The van der Waals surface area contributed by atoms with Crippen LogP contribution in [0.15, 0.2) is 0 Å². The maximum absolute atomic E-state index is 11.9. The average molecular weight is 214 g/mol. The fourth-order valence-electron chi connectivity index (χ4n) is 1.91. The Bertz CT molecular complexity index is 249. The van der Waals surface area contributed by atoms with Crippen LogP contribution in [0.25, 0.3) is 0 Å². The van der Waals surface area contributed by atoms with E-state index in [4.69, 9.17) is 5.11 Å². The van der Waals surface area contributed by atoms with Crippen molar-refractivity contribution in [1.82, 2.24) is 10.2 Å². The summed E-state index contributed by atoms with van der Waals surface area (Å²) in [6.07, 6.45) is 2.22. The second-order valence-electron chi connectivity index (χ2n) is 3.86. The number of hydrogen-bond donors (Lipinski definition) is 2. The number of carboxylic acid groups (broad SMARTS) is 1. The summed E-state index contributed by atoms with van der Waals surface area (Å²) in [5.74, 6) is -1.05. The van der Waals surface area contributed by atoms with Gasteiger partial charge in [-0.1, -0.05) is 6.92 Å². The van der Waals surface area contributed by atoms with Crippen molar-refractivity contribution in [2.45, 2.75) is 38.3 Å². The van der Waals surface area contributed by atoms with E-state index < -0.39 is 12.0 Å². The predicted molar refractivity (Wildman–Crippen MR) is 55.5 cm³/mol. The van der Waals surface area contributed by atoms with Gasteiger partial charge in [-0.25, -0.2) is 4.79 Å². The number of carboxylic acids is 1. The fourth-order valence-corrected chi connectivity index (χ4v) is 1.91. The van der Waals surface area contributed by atoms with Gasteiger partial charge in [0.05, 0.1) is 6.04 Å². The Hall–Kier alpha value is -1.10. The number of amides is 1. The smallest absolute Gasteiger partial charge is 0.326 e. The summed E-state index contributed by atoms with van der Waals surface area (Å²) < 4.78 is 0. The molecule has 15 heavy (non-hydrogen) atoms. The summed E-state index contributed by atoms with van der Waals surface area (Å²) in [6, 6.07) is -0.900. The van der Waals surface area contributed by atoms with Crippen LogP contribution in [0.5, 0.6) is 0 Å². The Kier molecular flexibility index (Phi) is 4.08. The maximum atomic E-state index is 11.9. The number of nitrogens with zero attached hydrogens (tertiary/aromatic N) is 1. The Morgan fingerprint density at radius 2 is 2.27 bits per heavy atom. The highest BCUT2D eigenvalue weighted by atomic mass is 16.4. The number of carbonyl (C=O) groups excluding carboxylic acids is 1. The fraction of sp³-hybridized carbons (Fsp3) is 0.800. The Balaban J connectivity index is 2.60. The lowest BCUT2D eigenvalue weighted by atomic mass is 10.1. The first-order valence-electron chi connectivity index (χ1n) is 5.30. The van der Waals surface area contributed by atoms with Gasteiger partial charge in [0.25, 0.3) is 0 Å². The zero-order chi connectivity index (χ0) is 11.4. The van der Waals surface area contributed by atoms with Crippen molar-refractivity contribution in [2.24, 2.45) is 0 Å². The summed E-state index contributed by atoms with van der Waals surface area (Å²) in [7, 11) is 1.56. The first-order valence-corrected chi connectivity index (χ1v) is 5.30. The number of hydrogen-bond acceptors (Lipinski definition) is 3. The molecule has 1 aliphatic rings. The molecular weight excluding hydrogens is 196 g/mol. The van der Waals surface area contributed by atoms with Gasteiger partial charge >= 0.3 is 5.97 Å². The zero-order valence-electron chi connectivity index (χ0n) is 9.19. The largest absolute Gasteiger partial charge is 0.480 e. The molecule has 86 valence electrons. The number of rotatable bonds is 4. The van der Waals surface area contributed by atoms with Crippen LogP contribution in [0.1, 0.15) is 26.2 Å². The number of aliphatic carboxylic acids is 1. The van der Waals surface area contributed by atoms with Gasteiger partial charge in [-0.05, 0) is 25.8 Å². The summed E-state index contributed by atoms with van der Waals surface area (Å²) in [4.78, 5) is 24.1. The van der Waals surface area contributed by atoms with Crippen molar-refractivity contribution in [1.29, 1.82) is 0 Å². The van der Waals surface area contributed by atoms with E-state index in [9.17, 15) is 9.59 Å². The van der Waals surface area contributed by atoms with Crippen LogP contribution in [0, 0.1) is 0 Å². The summed E-state index contributed by atoms with van der Waals surface area (Å²) in [5, 5.41) is 12.0. The normalized spacial score (nSPS) is 22.4. The maximum Gasteiger partial charge on any atom is 0.326 e. The monoisotopic (exact) mass is 214 g/mol. The molecule has 5 heteroatoms. The van der Waals surface area contributed by atoms with E-state index in [1.807, 2.05) is 0 Å². The van der Waals surface area contributed by atoms with Crippen LogP contribution in [-0.4, -0.2) is 47.6 Å². The zero-order valence-corrected chi connectivity index (χ0v) is 9.19. The molecule has 1 rings (SSSR count). The first kappa shape index (κ1) is 12.0. The Labute approximate surface area is 89.4 Å². The number of nitrogens with one attached hydrogen (secondary N) is 1. The van der Waals surface area contributed by atoms with Crippen LogP contribution in [0.4, 0.5) is 0 Å². The third kappa shape index (κ3) is 2.68. The van der Waals surface area contributed by atoms with Crippen molar-refractivity contribution in [2.75, 3.05) is 13.6 Å². The molecule has 0 radical (unpaired) electrons. The number of likely N-dealkylation sites (N-methyl/N-ethyl adjacent to an activating group) is 1. The lowest BCUT2D eigenvalue weighted by Crippen LogP contribution is -2.49. The van der Waals surface area contributed by atoms with Crippen molar-refractivity contribution in [3.8, 4) is 0 Å². The summed E-state index contributed by atoms with van der Waals surface area (Å²) >= 11 is 0. The lowest BCUT2D eigenvalue weighted by molar-refractivity contribution is -0.149. The van der Waals surface area contributed by atoms with Crippen LogP contribution < -0.4 is 5.32 Å². The standard InChI is InChI=1S/C10H18N2O3/c1-3-8(10(14)15)12(2)9(13)7-5-4-6-11-7/h7-8,11H,3-6H2,1-2H3,(H,14,15)/t7-,8?/m0/s1. The second kappa shape index (κ2) is 5.11. The van der Waals surface area contributed by atoms with Gasteiger partial charge in [0.1, 0.15) is 6.04 Å². The van der Waals surface area contributed by atoms with Gasteiger partial charge in [-0.2, -0.15) is 0 Å². The van der Waals surface area contributed by atoms with Crippen LogP contribution in [-0.2, 0) is 9.59 Å². The summed E-state index contributed by atoms with van der Waals surface area (Å²) in [6.45, 7) is 2.61. The highest BCUT2D eigenvalue weighted by molar-refractivity contribution is 5.86. The van der Waals surface area contributed by atoms with Crippen LogP contribution in [0.3, 0.4) is 0 Å². The van der Waals surface area contributed by atoms with E-state index in [2.05, 4.69) is 5.32 Å². The van der Waals surface area contributed by atoms with Crippen LogP contribution >= 0.6 is 0 Å². The van der Waals surface area contributed by atoms with Crippen molar-refractivity contribution in [3.05, 3.63) is 0 Å². The number of carbonyl (C=O) groups is 2. The lowest BCUT2D eigenvalue weighted by Gasteiger charge is -2.26. The molecule has 2 atom stereocenters. The minimum absolute atomic E-state index is 0.109. The van der Waals surface area contributed by atoms with Crippen LogP contribution in [0.2, 0.25) is 0 Å². The molecule has 0 aromatic rings. The molecule has 0 bridgehead atoms. The molecule has 1 amide bonds. The minimum Gasteiger partial charge on any atom is -0.480 e. The molecule has 1 fully saturated rings. The minimum atomic E-state index is -0.939. The molecular formula is C10H18N2O3. The molecule has 1 aliphatic heterocycles. The second-order valence-corrected chi connectivity index (χ2v) is 3.86. The molecule has 5 nitrogen and oxygen atoms in total. The molecule has 0 saturated carbocycles. The quantitative estimate of drug-likeness (QED) is 0.694. The Morgan fingerprint density at radius 1 is 1.60 bits per heavy atom. The van der Waals surface area contributed by atoms with E-state index in [-0.39, 0.29) is 11.9 Å². The predicted octanol–water partition coefficient (Wildman–Crippen LogP) is 0.0600. The van der Waals surface area contributed by atoms with Gasteiger partial charge in [0.15, 0.2) is 0 Å². The van der Waals surface area contributed by atoms with Gasteiger partial charge in [-0.3, -0.25) is 4.79 Å². The molecule has 2 N–H and O–H groups in total. The molecule has 0 aliphatic carbocycles. The van der Waals surface area contributed by atoms with Gasteiger partial charge in [0, 0.05) is 7.05 Å². The topological polar surface area (TPSA) is 69.6 Å². The highest BCUT2D eigenvalue weighted by Crippen LogP contribution is 2.11. The van der Waals surface area contributed by atoms with Crippen molar-refractivity contribution < 1.29 is 14.7 Å². The third-order valence-corrected chi connectivity index (χ3v) is 2.85. The van der Waals surface area contributed by atoms with Gasteiger partial charge in [-0.15, -0.1) is 0 Å². The van der Waals surface area contributed by atoms with Crippen molar-refractivity contribution in [3.63, 3.8) is 0 Å².